The summed E-state index contributed by atoms with van der Waals surface area (Å²) in [7, 11) is 0. The van der Waals surface area contributed by atoms with Gasteiger partial charge in [0.25, 0.3) is 5.91 Å². The van der Waals surface area contributed by atoms with Crippen molar-refractivity contribution >= 4 is 17.6 Å². The van der Waals surface area contributed by atoms with E-state index >= 15 is 0 Å². The van der Waals surface area contributed by atoms with Gasteiger partial charge in [0, 0.05) is 5.69 Å². The van der Waals surface area contributed by atoms with Gasteiger partial charge in [0.05, 0.1) is 19.6 Å². The molecule has 0 aliphatic rings. The molecule has 0 saturated heterocycles. The van der Waals surface area contributed by atoms with Crippen molar-refractivity contribution < 1.29 is 23.8 Å². The molecule has 0 radical (unpaired) electrons. The van der Waals surface area contributed by atoms with E-state index in [0.29, 0.717) is 12.4 Å². The minimum Gasteiger partial charge on any atom is -0.494 e. The second-order valence-corrected chi connectivity index (χ2v) is 6.45. The van der Waals surface area contributed by atoms with Crippen LogP contribution in [0.2, 0.25) is 0 Å². The van der Waals surface area contributed by atoms with Gasteiger partial charge in [0.15, 0.2) is 6.61 Å². The molecule has 2 aromatic carbocycles. The van der Waals surface area contributed by atoms with Crippen molar-refractivity contribution in [3.05, 3.63) is 54.1 Å². The third-order valence-corrected chi connectivity index (χ3v) is 3.93. The van der Waals surface area contributed by atoms with Gasteiger partial charge in [-0.05, 0) is 48.7 Å². The number of ether oxygens (including phenoxy) is 3. The number of anilines is 1. The van der Waals surface area contributed by atoms with Gasteiger partial charge in [-0.2, -0.15) is 0 Å². The van der Waals surface area contributed by atoms with E-state index in [1.54, 1.807) is 24.3 Å². The number of nitrogens with one attached hydrogen (secondary N) is 1. The Kier molecular flexibility index (Phi) is 8.34. The predicted octanol–water partition coefficient (Wildman–Crippen LogP) is 4.16. The van der Waals surface area contributed by atoms with Crippen LogP contribution in [-0.4, -0.2) is 31.7 Å². The normalized spacial score (nSPS) is 10.4. The molecular formula is C22H27NO5. The number of esters is 1. The second-order valence-electron chi connectivity index (χ2n) is 6.45. The third-order valence-electron chi connectivity index (χ3n) is 3.93. The van der Waals surface area contributed by atoms with Crippen LogP contribution >= 0.6 is 0 Å². The first kappa shape index (κ1) is 21.3. The molecule has 1 amide bonds. The third kappa shape index (κ3) is 6.95. The van der Waals surface area contributed by atoms with Crippen LogP contribution in [0.5, 0.6) is 11.5 Å². The molecule has 6 nitrogen and oxygen atoms in total. The monoisotopic (exact) mass is 385 g/mol. The Labute approximate surface area is 165 Å². The van der Waals surface area contributed by atoms with Crippen LogP contribution in [0.1, 0.15) is 38.7 Å². The summed E-state index contributed by atoms with van der Waals surface area (Å²) >= 11 is 0. The maximum Gasteiger partial charge on any atom is 0.309 e. The number of amides is 1. The van der Waals surface area contributed by atoms with Crippen LogP contribution in [0.15, 0.2) is 48.5 Å². The van der Waals surface area contributed by atoms with Crippen molar-refractivity contribution in [3.63, 3.8) is 0 Å². The number of carbonyl (C=O) groups excluding carboxylic acids is 2. The molecular weight excluding hydrogens is 358 g/mol. The van der Waals surface area contributed by atoms with Crippen molar-refractivity contribution in [1.29, 1.82) is 0 Å². The van der Waals surface area contributed by atoms with Crippen molar-refractivity contribution in [2.75, 3.05) is 25.1 Å². The minimum absolute atomic E-state index is 0.0586. The Balaban J connectivity index is 1.70. The highest BCUT2D eigenvalue weighted by atomic mass is 16.5. The summed E-state index contributed by atoms with van der Waals surface area (Å²) in [5.74, 6) is 0.824. The molecule has 2 aromatic rings. The number of hydrogen-bond acceptors (Lipinski definition) is 5. The number of hydrogen-bond donors (Lipinski definition) is 1. The molecule has 28 heavy (non-hydrogen) atoms. The van der Waals surface area contributed by atoms with Gasteiger partial charge in [-0.25, -0.2) is 0 Å². The smallest absolute Gasteiger partial charge is 0.309 e. The lowest BCUT2D eigenvalue weighted by molar-refractivity contribution is -0.147. The molecule has 0 aromatic heterocycles. The first-order valence-electron chi connectivity index (χ1n) is 9.39. The van der Waals surface area contributed by atoms with E-state index in [9.17, 15) is 9.59 Å². The fourth-order valence-electron chi connectivity index (χ4n) is 2.57. The fourth-order valence-corrected chi connectivity index (χ4v) is 2.57. The van der Waals surface area contributed by atoms with Crippen LogP contribution in [0.3, 0.4) is 0 Å². The first-order chi connectivity index (χ1) is 13.5. The first-order valence-corrected chi connectivity index (χ1v) is 9.39. The lowest BCUT2D eigenvalue weighted by atomic mass is 10.0. The van der Waals surface area contributed by atoms with E-state index in [1.807, 2.05) is 31.2 Å². The summed E-state index contributed by atoms with van der Waals surface area (Å²) in [6, 6.07) is 14.7. The SMILES string of the molecule is CCOc1ccc(OCCC(=O)OCC(=O)Nc2ccccc2C(C)C)cc1. The minimum atomic E-state index is -0.488. The average Bonchev–Trinajstić information content (AvgIpc) is 2.68. The highest BCUT2D eigenvalue weighted by molar-refractivity contribution is 5.93. The molecule has 0 fully saturated rings. The van der Waals surface area contributed by atoms with Crippen molar-refractivity contribution in [3.8, 4) is 11.5 Å². The molecule has 6 heteroatoms. The van der Waals surface area contributed by atoms with Crippen LogP contribution < -0.4 is 14.8 Å². The van der Waals surface area contributed by atoms with Crippen molar-refractivity contribution in [1.82, 2.24) is 0 Å². The van der Waals surface area contributed by atoms with E-state index in [1.165, 1.54) is 0 Å². The number of para-hydroxylation sites is 1. The number of benzene rings is 2. The van der Waals surface area contributed by atoms with Gasteiger partial charge in [-0.1, -0.05) is 32.0 Å². The number of rotatable bonds is 10. The molecule has 0 saturated carbocycles. The molecule has 0 bridgehead atoms. The molecule has 0 unspecified atom stereocenters. The second kappa shape index (κ2) is 11.0. The molecule has 0 aliphatic heterocycles. The van der Waals surface area contributed by atoms with Crippen LogP contribution in [-0.2, 0) is 14.3 Å². The van der Waals surface area contributed by atoms with E-state index in [4.69, 9.17) is 14.2 Å². The maximum absolute atomic E-state index is 12.0. The zero-order chi connectivity index (χ0) is 20.4. The largest absolute Gasteiger partial charge is 0.494 e. The van der Waals surface area contributed by atoms with Gasteiger partial charge in [0.1, 0.15) is 11.5 Å². The summed E-state index contributed by atoms with van der Waals surface area (Å²) in [4.78, 5) is 23.8. The molecule has 0 aliphatic carbocycles. The fraction of sp³-hybridized carbons (Fsp3) is 0.364. The Hall–Kier alpha value is -3.02. The average molecular weight is 385 g/mol. The topological polar surface area (TPSA) is 73.9 Å². The summed E-state index contributed by atoms with van der Waals surface area (Å²) in [5, 5.41) is 2.79. The predicted molar refractivity (Wildman–Crippen MR) is 108 cm³/mol. The van der Waals surface area contributed by atoms with E-state index in [-0.39, 0.29) is 31.5 Å². The highest BCUT2D eigenvalue weighted by Crippen LogP contribution is 2.23. The van der Waals surface area contributed by atoms with Crippen molar-refractivity contribution in [2.45, 2.75) is 33.1 Å². The van der Waals surface area contributed by atoms with Gasteiger partial charge in [-0.15, -0.1) is 0 Å². The van der Waals surface area contributed by atoms with E-state index < -0.39 is 5.97 Å². The van der Waals surface area contributed by atoms with Gasteiger partial charge < -0.3 is 19.5 Å². The Morgan fingerprint density at radius 2 is 1.61 bits per heavy atom. The van der Waals surface area contributed by atoms with Gasteiger partial charge in [0.2, 0.25) is 0 Å². The van der Waals surface area contributed by atoms with Crippen LogP contribution in [0.25, 0.3) is 0 Å². The van der Waals surface area contributed by atoms with Gasteiger partial charge in [-0.3, -0.25) is 9.59 Å². The molecule has 0 spiro atoms. The van der Waals surface area contributed by atoms with E-state index in [0.717, 1.165) is 17.0 Å². The molecule has 0 atom stereocenters. The summed E-state index contributed by atoms with van der Waals surface area (Å²) < 4.78 is 15.9. The maximum atomic E-state index is 12.0. The quantitative estimate of drug-likeness (QED) is 0.622. The zero-order valence-electron chi connectivity index (χ0n) is 16.6. The zero-order valence-corrected chi connectivity index (χ0v) is 16.6. The lowest BCUT2D eigenvalue weighted by Gasteiger charge is -2.13. The summed E-state index contributed by atoms with van der Waals surface area (Å²) in [6.07, 6.45) is 0.0586. The number of carbonyl (C=O) groups is 2. The highest BCUT2D eigenvalue weighted by Gasteiger charge is 2.11. The summed E-state index contributed by atoms with van der Waals surface area (Å²) in [5.41, 5.74) is 1.77. The molecule has 0 heterocycles. The Morgan fingerprint density at radius 1 is 0.964 bits per heavy atom. The molecule has 150 valence electrons. The molecule has 1 N–H and O–H groups in total. The van der Waals surface area contributed by atoms with Gasteiger partial charge >= 0.3 is 5.97 Å². The van der Waals surface area contributed by atoms with E-state index in [2.05, 4.69) is 19.2 Å². The Morgan fingerprint density at radius 3 is 2.25 bits per heavy atom. The molecule has 2 rings (SSSR count). The Bertz CT molecular complexity index is 771. The van der Waals surface area contributed by atoms with Crippen molar-refractivity contribution in [2.24, 2.45) is 0 Å². The van der Waals surface area contributed by atoms with Crippen LogP contribution in [0.4, 0.5) is 5.69 Å². The summed E-state index contributed by atoms with van der Waals surface area (Å²) in [6.45, 7) is 6.46. The van der Waals surface area contributed by atoms with Crippen LogP contribution in [0, 0.1) is 0 Å². The standard InChI is InChI=1S/C22H27NO5/c1-4-26-17-9-11-18(12-10-17)27-14-13-22(25)28-15-21(24)23-20-8-6-5-7-19(20)16(2)3/h5-12,16H,4,13-15H2,1-3H3,(H,23,24). The lowest BCUT2D eigenvalue weighted by Crippen LogP contribution is -2.22.